The molecule has 0 fully saturated rings. The van der Waals surface area contributed by atoms with E-state index in [9.17, 15) is 0 Å². The summed E-state index contributed by atoms with van der Waals surface area (Å²) in [7, 11) is 0. The average Bonchev–Trinajstić information content (AvgIpc) is 2.34. The lowest BCUT2D eigenvalue weighted by atomic mass is 10.3. The molecule has 0 spiro atoms. The molecular weight excluding hydrogens is 336 g/mol. The van der Waals surface area contributed by atoms with E-state index < -0.39 is 0 Å². The Bertz CT molecular complexity index is 605. The van der Waals surface area contributed by atoms with Gasteiger partial charge in [0.2, 0.25) is 5.95 Å². The van der Waals surface area contributed by atoms with E-state index in [-0.39, 0.29) is 4.99 Å². The molecular formula is C11H8BrClN4S. The Morgan fingerprint density at radius 2 is 2.17 bits per heavy atom. The van der Waals surface area contributed by atoms with E-state index in [1.165, 1.54) is 0 Å². The number of anilines is 2. The maximum atomic E-state index is 5.91. The average molecular weight is 344 g/mol. The second-order valence-corrected chi connectivity index (χ2v) is 5.08. The maximum Gasteiger partial charge on any atom is 0.227 e. The largest absolute Gasteiger partial charge is 0.388 e. The summed E-state index contributed by atoms with van der Waals surface area (Å²) in [5.74, 6) is 0.425. The number of hydrogen-bond acceptors (Lipinski definition) is 4. The van der Waals surface area contributed by atoms with Crippen molar-refractivity contribution in [2.45, 2.75) is 0 Å². The Kier molecular flexibility index (Phi) is 4.11. The van der Waals surface area contributed by atoms with Gasteiger partial charge < -0.3 is 11.1 Å². The van der Waals surface area contributed by atoms with Crippen molar-refractivity contribution >= 4 is 56.4 Å². The molecule has 1 aromatic carbocycles. The Hall–Kier alpha value is -1.24. The zero-order valence-corrected chi connectivity index (χ0v) is 12.2. The monoisotopic (exact) mass is 342 g/mol. The molecule has 0 aliphatic rings. The first-order valence-electron chi connectivity index (χ1n) is 4.91. The molecule has 2 aromatic rings. The molecule has 1 aromatic heterocycles. The van der Waals surface area contributed by atoms with Gasteiger partial charge in [-0.15, -0.1) is 0 Å². The van der Waals surface area contributed by atoms with Crippen LogP contribution in [0.3, 0.4) is 0 Å². The highest BCUT2D eigenvalue weighted by atomic mass is 79.9. The van der Waals surface area contributed by atoms with Crippen LogP contribution in [0.15, 0.2) is 34.9 Å². The predicted octanol–water partition coefficient (Wildman–Crippen LogP) is 3.27. The number of aromatic nitrogens is 2. The molecule has 0 bridgehead atoms. The van der Waals surface area contributed by atoms with Gasteiger partial charge in [0.05, 0.1) is 5.02 Å². The van der Waals surface area contributed by atoms with Crippen molar-refractivity contribution in [3.63, 3.8) is 0 Å². The highest BCUT2D eigenvalue weighted by Gasteiger charge is 2.03. The number of thiocarbonyl (C=S) groups is 1. The fraction of sp³-hybridized carbons (Fsp3) is 0. The van der Waals surface area contributed by atoms with E-state index in [0.717, 1.165) is 10.2 Å². The van der Waals surface area contributed by atoms with Gasteiger partial charge in [0.15, 0.2) is 0 Å². The first-order chi connectivity index (χ1) is 8.56. The van der Waals surface area contributed by atoms with Crippen molar-refractivity contribution in [2.24, 2.45) is 5.73 Å². The van der Waals surface area contributed by atoms with E-state index in [0.29, 0.717) is 16.7 Å². The minimum Gasteiger partial charge on any atom is -0.388 e. The molecule has 0 radical (unpaired) electrons. The Morgan fingerprint density at radius 1 is 1.39 bits per heavy atom. The van der Waals surface area contributed by atoms with Crippen molar-refractivity contribution in [2.75, 3.05) is 5.32 Å². The highest BCUT2D eigenvalue weighted by Crippen LogP contribution is 2.26. The summed E-state index contributed by atoms with van der Waals surface area (Å²) in [6, 6.07) is 7.08. The number of nitrogens with two attached hydrogens (primary N) is 1. The lowest BCUT2D eigenvalue weighted by Crippen LogP contribution is -2.12. The maximum absolute atomic E-state index is 5.91. The molecule has 0 saturated carbocycles. The molecule has 0 aliphatic heterocycles. The van der Waals surface area contributed by atoms with Crippen LogP contribution in [0.2, 0.25) is 5.02 Å². The van der Waals surface area contributed by atoms with Gasteiger partial charge in [-0.25, -0.2) is 9.97 Å². The first-order valence-corrected chi connectivity index (χ1v) is 6.49. The van der Waals surface area contributed by atoms with Gasteiger partial charge in [-0.05, 0) is 40.2 Å². The van der Waals surface area contributed by atoms with Crippen molar-refractivity contribution < 1.29 is 0 Å². The van der Waals surface area contributed by atoms with Crippen LogP contribution >= 0.6 is 39.7 Å². The van der Waals surface area contributed by atoms with E-state index >= 15 is 0 Å². The molecule has 0 atom stereocenters. The van der Waals surface area contributed by atoms with Crippen LogP contribution < -0.4 is 11.1 Å². The topological polar surface area (TPSA) is 63.8 Å². The van der Waals surface area contributed by atoms with Gasteiger partial charge in [0, 0.05) is 16.4 Å². The summed E-state index contributed by atoms with van der Waals surface area (Å²) in [4.78, 5) is 8.50. The fourth-order valence-corrected chi connectivity index (χ4v) is 1.87. The summed E-state index contributed by atoms with van der Waals surface area (Å²) in [6.07, 6.45) is 1.59. The molecule has 0 saturated heterocycles. The Morgan fingerprint density at radius 3 is 2.83 bits per heavy atom. The second-order valence-electron chi connectivity index (χ2n) is 3.38. The summed E-state index contributed by atoms with van der Waals surface area (Å²) in [5.41, 5.74) is 6.84. The molecule has 18 heavy (non-hydrogen) atoms. The van der Waals surface area contributed by atoms with Crippen LogP contribution in [0.1, 0.15) is 5.69 Å². The number of nitrogens with zero attached hydrogens (tertiary/aromatic N) is 2. The number of halogens is 2. The normalized spacial score (nSPS) is 10.1. The molecule has 3 N–H and O–H groups in total. The van der Waals surface area contributed by atoms with E-state index in [1.807, 2.05) is 12.1 Å². The van der Waals surface area contributed by atoms with Crippen LogP contribution in [0.5, 0.6) is 0 Å². The molecule has 0 aliphatic carbocycles. The summed E-state index contributed by atoms with van der Waals surface area (Å²) >= 11 is 14.1. The first kappa shape index (κ1) is 13.2. The van der Waals surface area contributed by atoms with Gasteiger partial charge in [0.25, 0.3) is 0 Å². The summed E-state index contributed by atoms with van der Waals surface area (Å²) in [6.45, 7) is 0. The Balaban J connectivity index is 2.25. The van der Waals surface area contributed by atoms with Crippen molar-refractivity contribution in [1.29, 1.82) is 0 Å². The SMILES string of the molecule is NC(=S)c1ccnc(Nc2ccc(Cl)c(Br)c2)n1. The van der Waals surface area contributed by atoms with Gasteiger partial charge in [-0.3, -0.25) is 0 Å². The van der Waals surface area contributed by atoms with Crippen molar-refractivity contribution in [1.82, 2.24) is 9.97 Å². The smallest absolute Gasteiger partial charge is 0.227 e. The molecule has 1 heterocycles. The minimum absolute atomic E-state index is 0.234. The third-order valence-electron chi connectivity index (χ3n) is 2.08. The number of hydrogen-bond donors (Lipinski definition) is 2. The number of nitrogens with one attached hydrogen (secondary N) is 1. The third kappa shape index (κ3) is 3.16. The van der Waals surface area contributed by atoms with Gasteiger partial charge >= 0.3 is 0 Å². The molecule has 0 unspecified atom stereocenters. The number of benzene rings is 1. The molecule has 7 heteroatoms. The van der Waals surface area contributed by atoms with Crippen molar-refractivity contribution in [3.8, 4) is 0 Å². The highest BCUT2D eigenvalue weighted by molar-refractivity contribution is 9.10. The lowest BCUT2D eigenvalue weighted by molar-refractivity contribution is 1.15. The standard InChI is InChI=1S/C11H8BrClN4S/c12-7-5-6(1-2-8(7)13)16-11-15-4-3-9(17-11)10(14)18/h1-5H,(H2,14,18)(H,15,16,17). The fourth-order valence-electron chi connectivity index (χ4n) is 1.26. The summed E-state index contributed by atoms with van der Waals surface area (Å²) < 4.78 is 0.791. The van der Waals surface area contributed by atoms with Crippen LogP contribution in [-0.2, 0) is 0 Å². The molecule has 92 valence electrons. The van der Waals surface area contributed by atoms with E-state index in [4.69, 9.17) is 29.6 Å². The zero-order valence-electron chi connectivity index (χ0n) is 9.02. The van der Waals surface area contributed by atoms with Crippen molar-refractivity contribution in [3.05, 3.63) is 45.7 Å². The van der Waals surface area contributed by atoms with Crippen LogP contribution in [-0.4, -0.2) is 15.0 Å². The number of rotatable bonds is 3. The lowest BCUT2D eigenvalue weighted by Gasteiger charge is -2.06. The van der Waals surface area contributed by atoms with E-state index in [1.54, 1.807) is 18.3 Å². The third-order valence-corrected chi connectivity index (χ3v) is 3.51. The van der Waals surface area contributed by atoms with Gasteiger partial charge in [0.1, 0.15) is 10.7 Å². The van der Waals surface area contributed by atoms with Crippen LogP contribution in [0.25, 0.3) is 0 Å². The van der Waals surface area contributed by atoms with Crippen LogP contribution in [0.4, 0.5) is 11.6 Å². The molecule has 2 rings (SSSR count). The quantitative estimate of drug-likeness (QED) is 0.837. The molecule has 0 amide bonds. The minimum atomic E-state index is 0.234. The van der Waals surface area contributed by atoms with Gasteiger partial charge in [-0.2, -0.15) is 0 Å². The van der Waals surface area contributed by atoms with Crippen LogP contribution in [0, 0.1) is 0 Å². The second kappa shape index (κ2) is 5.60. The zero-order chi connectivity index (χ0) is 13.1. The Labute approximate surface area is 123 Å². The predicted molar refractivity (Wildman–Crippen MR) is 80.4 cm³/mol. The molecule has 4 nitrogen and oxygen atoms in total. The summed E-state index contributed by atoms with van der Waals surface area (Å²) in [5, 5.41) is 3.68. The van der Waals surface area contributed by atoms with E-state index in [2.05, 4.69) is 31.2 Å². The van der Waals surface area contributed by atoms with Gasteiger partial charge in [-0.1, -0.05) is 23.8 Å².